The van der Waals surface area contributed by atoms with Crippen LogP contribution >= 0.6 is 11.3 Å². The van der Waals surface area contributed by atoms with Crippen LogP contribution in [0.2, 0.25) is 0 Å². The van der Waals surface area contributed by atoms with E-state index in [0.717, 1.165) is 73.0 Å². The molecular formula is C100H93F2N15O13S. The molecule has 9 aromatic carbocycles. The summed E-state index contributed by atoms with van der Waals surface area (Å²) in [7, 11) is 9.49. The minimum absolute atomic E-state index is 0.0208. The van der Waals surface area contributed by atoms with Gasteiger partial charge in [-0.25, -0.2) is 9.97 Å². The molecule has 28 nitrogen and oxygen atoms in total. The van der Waals surface area contributed by atoms with E-state index in [2.05, 4.69) is 38.8 Å². The summed E-state index contributed by atoms with van der Waals surface area (Å²) in [4.78, 5) is 42.7. The second-order valence-corrected chi connectivity index (χ2v) is 32.5. The first-order chi connectivity index (χ1) is 63.2. The van der Waals surface area contributed by atoms with E-state index in [0.29, 0.717) is 110 Å². The number of fused-ring (bicyclic) bond motifs is 5. The Kier molecular flexibility index (Phi) is 25.3. The van der Waals surface area contributed by atoms with Gasteiger partial charge in [-0.05, 0) is 109 Å². The third-order valence-corrected chi connectivity index (χ3v) is 23.6. The van der Waals surface area contributed by atoms with E-state index < -0.39 is 6.11 Å². The van der Waals surface area contributed by atoms with E-state index in [9.17, 15) is 33.7 Å². The Morgan fingerprint density at radius 3 is 1.33 bits per heavy atom. The molecule has 2 fully saturated rings. The van der Waals surface area contributed by atoms with Crippen molar-refractivity contribution in [1.82, 2.24) is 14.4 Å². The molecule has 0 saturated carbocycles. The maximum atomic E-state index is 13.3. The van der Waals surface area contributed by atoms with Gasteiger partial charge in [0, 0.05) is 110 Å². The van der Waals surface area contributed by atoms with Gasteiger partial charge in [0.05, 0.1) is 154 Å². The lowest BCUT2D eigenvalue weighted by molar-refractivity contribution is -0.158. The number of nitrogens with zero attached hydrogens (tertiary/aromatic N) is 8. The van der Waals surface area contributed by atoms with Gasteiger partial charge in [-0.15, -0.1) is 11.3 Å². The Labute approximate surface area is 757 Å². The lowest BCUT2D eigenvalue weighted by Crippen LogP contribution is -2.27. The minimum atomic E-state index is -3.36. The summed E-state index contributed by atoms with van der Waals surface area (Å²) >= 11 is 1.47. The van der Waals surface area contributed by atoms with Crippen LogP contribution in [0.1, 0.15) is 53.7 Å². The number of ether oxygens (including phenoxy) is 8. The summed E-state index contributed by atoms with van der Waals surface area (Å²) in [5.74, 6) is 5.47. The molecular weight excluding hydrogens is 1690 g/mol. The number of amidine groups is 5. The number of rotatable bonds is 18. The van der Waals surface area contributed by atoms with Gasteiger partial charge in [-0.3, -0.25) is 36.6 Å². The molecule has 10 heterocycles. The summed E-state index contributed by atoms with van der Waals surface area (Å²) < 4.78 is 72.0. The predicted molar refractivity (Wildman–Crippen MR) is 507 cm³/mol. The van der Waals surface area contributed by atoms with Crippen LogP contribution in [0.4, 0.5) is 48.6 Å². The fourth-order valence-electron chi connectivity index (χ4n) is 16.4. The molecule has 12 aromatic rings. The van der Waals surface area contributed by atoms with E-state index >= 15 is 0 Å². The monoisotopic (exact) mass is 1780 g/mol. The first kappa shape index (κ1) is 88.4. The van der Waals surface area contributed by atoms with Crippen LogP contribution in [0.3, 0.4) is 0 Å². The van der Waals surface area contributed by atoms with E-state index in [1.807, 2.05) is 182 Å². The van der Waals surface area contributed by atoms with Gasteiger partial charge in [0.1, 0.15) is 103 Å². The lowest BCUT2D eigenvalue weighted by atomic mass is 10.0. The van der Waals surface area contributed by atoms with Crippen LogP contribution in [-0.4, -0.2) is 158 Å². The van der Waals surface area contributed by atoms with E-state index in [1.165, 1.54) is 27.9 Å². The number of anilines is 7. The van der Waals surface area contributed by atoms with Crippen molar-refractivity contribution in [2.24, 2.45) is 0 Å². The van der Waals surface area contributed by atoms with Gasteiger partial charge in [0.2, 0.25) is 0 Å². The number of benzene rings is 9. The number of allylic oxidation sites excluding steroid dienone is 2. The number of Topliss-reactive ketones (excluding diaryl/α,β-unsaturated/α-hetero) is 2. The van der Waals surface area contributed by atoms with Crippen molar-refractivity contribution in [3.8, 4) is 46.0 Å². The number of thiazole rings is 1. The van der Waals surface area contributed by atoms with Crippen LogP contribution in [-0.2, 0) is 28.9 Å². The van der Waals surface area contributed by atoms with Gasteiger partial charge in [0.25, 0.3) is 0 Å². The molecule has 131 heavy (non-hydrogen) atoms. The number of imidazole rings is 1. The van der Waals surface area contributed by atoms with Crippen molar-refractivity contribution in [2.75, 3.05) is 111 Å². The van der Waals surface area contributed by atoms with Gasteiger partial charge in [0.15, 0.2) is 11.6 Å². The highest BCUT2D eigenvalue weighted by atomic mass is 32.1. The Bertz CT molecular complexity index is 6470. The molecule has 20 rings (SSSR count). The van der Waals surface area contributed by atoms with Crippen molar-refractivity contribution in [3.05, 3.63) is 315 Å². The molecule has 2 saturated heterocycles. The number of aromatic nitrogens is 3. The van der Waals surface area contributed by atoms with Crippen molar-refractivity contribution < 1.29 is 71.6 Å². The van der Waals surface area contributed by atoms with Crippen molar-refractivity contribution >= 4 is 125 Å². The Balaban J connectivity index is 0.000000120. The molecule has 10 N–H and O–H groups in total. The zero-order valence-corrected chi connectivity index (χ0v) is 73.7. The summed E-state index contributed by atoms with van der Waals surface area (Å²) in [6.07, 6.45) is 4.32. The lowest BCUT2D eigenvalue weighted by Gasteiger charge is -2.22. The Morgan fingerprint density at radius 2 is 0.855 bits per heavy atom. The largest absolute Gasteiger partial charge is 0.510 e. The number of carbonyl (C=O) groups is 2. The van der Waals surface area contributed by atoms with E-state index in [-0.39, 0.29) is 114 Å². The van der Waals surface area contributed by atoms with Crippen molar-refractivity contribution in [2.45, 2.75) is 52.2 Å². The zero-order chi connectivity index (χ0) is 92.2. The van der Waals surface area contributed by atoms with Crippen LogP contribution in [0.15, 0.2) is 282 Å². The number of pyridine rings is 1. The van der Waals surface area contributed by atoms with Crippen LogP contribution in [0.5, 0.6) is 46.0 Å². The average Bonchev–Trinajstić information content (AvgIpc) is 1.64. The van der Waals surface area contributed by atoms with Crippen LogP contribution < -0.4 is 73.0 Å². The molecule has 0 atom stereocenters. The molecule has 7 aliphatic heterocycles. The molecule has 0 unspecified atom stereocenters. The number of hydrogen-bond acceptors (Lipinski definition) is 23. The number of para-hydroxylation sites is 7. The highest BCUT2D eigenvalue weighted by Crippen LogP contribution is 2.45. The normalized spacial score (nSPS) is 16.7. The summed E-state index contributed by atoms with van der Waals surface area (Å²) in [6, 6.07) is 67.3. The topological polar surface area (TPSA) is 358 Å². The second-order valence-electron chi connectivity index (χ2n) is 31.5. The fourth-order valence-corrected chi connectivity index (χ4v) is 17.4. The number of alkyl halides is 2. The van der Waals surface area contributed by atoms with Gasteiger partial charge in [-0.2, -0.15) is 8.78 Å². The molecule has 31 heteroatoms. The number of nitrogens with one attached hydrogen (secondary N) is 7. The SMILES string of the molecule is CC(C)Oc1ccccc1N1CC(=O)C(=C2Cc3ccccc3N2)C1=N.CC(F)(F)Oc1ccccc1N1CC(=O)C(=C2Cc3ccccc3N2)C1=N.COc1cc(OC)cc(N2CC(O)=C(C3=Cc4ccccc4C3)C2=N)c1.COc1cc(OC)cc(N2CC(O)=C(c3cn4ccccc4n3)C2=N)c1.COc1cc(OC)cc(N2CC(O)=C(c3nc4ccccc4s3)C2=N)c1. The highest BCUT2D eigenvalue weighted by molar-refractivity contribution is 7.19. The number of carbonyl (C=O) groups excluding carboxylic acids is 2. The summed E-state index contributed by atoms with van der Waals surface area (Å²) in [6.45, 7) is 5.31. The Morgan fingerprint density at radius 1 is 0.443 bits per heavy atom. The van der Waals surface area contributed by atoms with Gasteiger partial charge < -0.3 is 92.7 Å². The first-order valence-corrected chi connectivity index (χ1v) is 42.5. The minimum Gasteiger partial charge on any atom is -0.510 e. The Hall–Kier alpha value is -16.1. The predicted octanol–water partition coefficient (Wildman–Crippen LogP) is 18.9. The summed E-state index contributed by atoms with van der Waals surface area (Å²) in [5.41, 5.74) is 16.6. The summed E-state index contributed by atoms with van der Waals surface area (Å²) in [5, 5.41) is 81.7. The second kappa shape index (κ2) is 37.5. The number of ketones is 2. The quantitative estimate of drug-likeness (QED) is 0.0357. The number of aliphatic hydroxyl groups is 3. The third kappa shape index (κ3) is 18.5. The number of hydrogen-bond donors (Lipinski definition) is 10. The van der Waals surface area contributed by atoms with Gasteiger partial charge >= 0.3 is 6.11 Å². The fraction of sp³-hybridized carbons (Fsp3) is 0.190. The molecule has 0 amide bonds. The molecule has 0 bridgehead atoms. The molecule has 1 aliphatic carbocycles. The van der Waals surface area contributed by atoms with Crippen LogP contribution in [0, 0.1) is 27.0 Å². The molecule has 0 radical (unpaired) electrons. The molecule has 3 aromatic heterocycles. The first-order valence-electron chi connectivity index (χ1n) is 41.7. The molecule has 8 aliphatic rings. The molecule has 666 valence electrons. The average molecular weight is 1780 g/mol. The maximum Gasteiger partial charge on any atom is 0.394 e. The molecule has 0 spiro atoms. The van der Waals surface area contributed by atoms with Crippen molar-refractivity contribution in [1.29, 1.82) is 27.0 Å². The third-order valence-electron chi connectivity index (χ3n) is 22.6. The van der Waals surface area contributed by atoms with Crippen molar-refractivity contribution in [3.63, 3.8) is 0 Å². The number of aliphatic hydroxyl groups excluding tert-OH is 3. The standard InChI is InChI=1S/C21H21N3O2.C21H20N2O3.C20H17F2N3O2.C19H18N4O3.C19H17N3O3S/c1-13(2)26-19-10-6-5-9-17(19)24-12-18(25)20(21(24)22)16-11-14-7-3-4-8-15(14)23-16;1-25-17-9-16(10-18(11-17)26-2)23-12-19(24)20(21(23)22)15-7-13-5-3-4-6-14(13)8-15;1-20(21,22)27-17-9-5-4-8-15(17)25-11-16(26)18(19(25)23)14-10-12-6-2-3-7-13(12)24-14;1-25-13-7-12(8-14(9-13)26-2)23-11-16(24)18(19(23)20)15-10-22-6-4-3-5-17(22)21-15;1-24-12-7-11(8-13(9-12)25-2)22-10-15(23)17(18(22)20)19-21-14-5-3-4-6-16(14)26-19/h3-10,13,22-23H,11-12H2,1-2H3;3-7,9-11,22,24H,8,12H2,1-2H3;2-9,23-24H,10-11H2,1H3;3-10,20,24H,11H2,1-2H3;3-9,20,23H,10H2,1-2H3. The highest BCUT2D eigenvalue weighted by Gasteiger charge is 2.41. The van der Waals surface area contributed by atoms with E-state index in [1.54, 1.807) is 111 Å². The van der Waals surface area contributed by atoms with Gasteiger partial charge in [-0.1, -0.05) is 109 Å². The zero-order valence-electron chi connectivity index (χ0n) is 72.9. The van der Waals surface area contributed by atoms with E-state index in [4.69, 9.17) is 64.9 Å². The maximum absolute atomic E-state index is 13.3. The van der Waals surface area contributed by atoms with Crippen LogP contribution in [0.25, 0.3) is 33.1 Å². The smallest absolute Gasteiger partial charge is 0.394 e. The number of halogens is 2. The number of methoxy groups -OCH3 is 6.